The third-order valence-corrected chi connectivity index (χ3v) is 3.85. The fourth-order valence-electron chi connectivity index (χ4n) is 2.84. The summed E-state index contributed by atoms with van der Waals surface area (Å²) < 4.78 is 0. The van der Waals surface area contributed by atoms with Gasteiger partial charge in [0.25, 0.3) is 0 Å². The first-order valence-corrected chi connectivity index (χ1v) is 7.05. The molecule has 0 unspecified atom stereocenters. The third-order valence-electron chi connectivity index (χ3n) is 3.85. The van der Waals surface area contributed by atoms with Gasteiger partial charge in [-0.25, -0.2) is 4.79 Å². The van der Waals surface area contributed by atoms with Crippen LogP contribution in [0.3, 0.4) is 0 Å². The number of urea groups is 1. The lowest BCUT2D eigenvalue weighted by atomic mass is 9.94. The molecule has 0 bridgehead atoms. The Hall–Kier alpha value is -1.84. The summed E-state index contributed by atoms with van der Waals surface area (Å²) >= 11 is 0. The van der Waals surface area contributed by atoms with Crippen molar-refractivity contribution in [2.24, 2.45) is 0 Å². The minimum atomic E-state index is -0.325. The van der Waals surface area contributed by atoms with E-state index in [0.29, 0.717) is 12.3 Å². The molecule has 1 fully saturated rings. The van der Waals surface area contributed by atoms with Gasteiger partial charge < -0.3 is 0 Å². The Morgan fingerprint density at radius 2 is 1.85 bits per heavy atom. The minimum absolute atomic E-state index is 0.112. The molecule has 1 saturated heterocycles. The Bertz CT molecular complexity index is 564. The zero-order chi connectivity index (χ0) is 15.0. The van der Waals surface area contributed by atoms with Gasteiger partial charge >= 0.3 is 6.03 Å². The minimum Gasteiger partial charge on any atom is -0.291 e. The second kappa shape index (κ2) is 5.27. The van der Waals surface area contributed by atoms with E-state index in [0.717, 1.165) is 11.3 Å². The summed E-state index contributed by atoms with van der Waals surface area (Å²) in [6.45, 7) is 10.3. The second-order valence-electron chi connectivity index (χ2n) is 5.93. The van der Waals surface area contributed by atoms with Crippen molar-refractivity contribution >= 4 is 17.6 Å². The number of nitrogens with zero attached hydrogens (tertiary/aromatic N) is 1. The molecule has 3 amide bonds. The van der Waals surface area contributed by atoms with E-state index in [9.17, 15) is 9.59 Å². The average Bonchev–Trinajstić information content (AvgIpc) is 2.31. The maximum absolute atomic E-state index is 12.1. The molecule has 0 aromatic heterocycles. The van der Waals surface area contributed by atoms with Gasteiger partial charge in [0, 0.05) is 18.2 Å². The maximum atomic E-state index is 12.1. The summed E-state index contributed by atoms with van der Waals surface area (Å²) in [5, 5.41) is 2.39. The van der Waals surface area contributed by atoms with Gasteiger partial charge in [0.05, 0.1) is 0 Å². The summed E-state index contributed by atoms with van der Waals surface area (Å²) in [7, 11) is 0. The Morgan fingerprint density at radius 3 is 2.40 bits per heavy atom. The molecule has 1 aliphatic heterocycles. The molecule has 1 aromatic carbocycles. The zero-order valence-corrected chi connectivity index (χ0v) is 12.8. The first-order chi connectivity index (χ1) is 9.31. The predicted molar refractivity (Wildman–Crippen MR) is 80.1 cm³/mol. The van der Waals surface area contributed by atoms with E-state index in [4.69, 9.17) is 0 Å². The molecule has 2 rings (SSSR count). The van der Waals surface area contributed by atoms with Crippen LogP contribution in [0.15, 0.2) is 12.1 Å². The predicted octanol–water partition coefficient (Wildman–Crippen LogP) is 3.26. The lowest BCUT2D eigenvalue weighted by Crippen LogP contribution is -2.54. The van der Waals surface area contributed by atoms with Crippen molar-refractivity contribution in [2.45, 2.75) is 53.0 Å². The van der Waals surface area contributed by atoms with Crippen molar-refractivity contribution in [3.05, 3.63) is 28.8 Å². The van der Waals surface area contributed by atoms with Gasteiger partial charge in [-0.05, 0) is 49.4 Å². The van der Waals surface area contributed by atoms with Crippen molar-refractivity contribution in [1.29, 1.82) is 0 Å². The maximum Gasteiger partial charge on any atom is 0.328 e. The highest BCUT2D eigenvalue weighted by Crippen LogP contribution is 2.31. The average molecular weight is 274 g/mol. The molecule has 108 valence electrons. The topological polar surface area (TPSA) is 49.4 Å². The number of amides is 3. The standard InChI is InChI=1S/C16H22N2O2/c1-9(2)13-6-11(4)14(7-10(13)3)18-12(5)8-15(19)17-16(18)20/h6-7,9,12H,8H2,1-5H3,(H,17,19,20)/t12-/m1/s1. The molecule has 4 nitrogen and oxygen atoms in total. The smallest absolute Gasteiger partial charge is 0.291 e. The quantitative estimate of drug-likeness (QED) is 0.900. The molecule has 1 N–H and O–H groups in total. The van der Waals surface area contributed by atoms with E-state index < -0.39 is 0 Å². The fraction of sp³-hybridized carbons (Fsp3) is 0.500. The number of carbonyl (C=O) groups excluding carboxylic acids is 2. The normalized spacial score (nSPS) is 19.5. The highest BCUT2D eigenvalue weighted by atomic mass is 16.2. The van der Waals surface area contributed by atoms with Crippen LogP contribution in [0.25, 0.3) is 0 Å². The van der Waals surface area contributed by atoms with E-state index >= 15 is 0 Å². The summed E-state index contributed by atoms with van der Waals surface area (Å²) in [5.74, 6) is 0.254. The first-order valence-electron chi connectivity index (χ1n) is 7.05. The number of nitrogens with one attached hydrogen (secondary N) is 1. The molecular formula is C16H22N2O2. The Labute approximate surface area is 120 Å². The van der Waals surface area contributed by atoms with Crippen LogP contribution in [0.2, 0.25) is 0 Å². The summed E-state index contributed by atoms with van der Waals surface area (Å²) in [6.07, 6.45) is 0.343. The van der Waals surface area contributed by atoms with E-state index in [1.54, 1.807) is 4.90 Å². The summed E-state index contributed by atoms with van der Waals surface area (Å²) in [5.41, 5.74) is 4.44. The molecule has 1 atom stereocenters. The van der Waals surface area contributed by atoms with E-state index in [1.165, 1.54) is 11.1 Å². The van der Waals surface area contributed by atoms with E-state index in [2.05, 4.69) is 38.2 Å². The third kappa shape index (κ3) is 2.55. The molecule has 20 heavy (non-hydrogen) atoms. The number of anilines is 1. The van der Waals surface area contributed by atoms with Crippen LogP contribution >= 0.6 is 0 Å². The van der Waals surface area contributed by atoms with Crippen LogP contribution in [0.5, 0.6) is 0 Å². The molecule has 0 aliphatic carbocycles. The van der Waals surface area contributed by atoms with Crippen LogP contribution in [0.4, 0.5) is 10.5 Å². The van der Waals surface area contributed by atoms with Gasteiger partial charge in [-0.2, -0.15) is 0 Å². The van der Waals surface area contributed by atoms with Gasteiger partial charge in [-0.1, -0.05) is 19.9 Å². The van der Waals surface area contributed by atoms with Gasteiger partial charge in [0.1, 0.15) is 0 Å². The van der Waals surface area contributed by atoms with Gasteiger partial charge in [-0.3, -0.25) is 15.0 Å². The number of rotatable bonds is 2. The highest BCUT2D eigenvalue weighted by molar-refractivity contribution is 6.06. The summed E-state index contributed by atoms with van der Waals surface area (Å²) in [6, 6.07) is 3.76. The molecule has 1 aromatic rings. The first kappa shape index (κ1) is 14.6. The van der Waals surface area contributed by atoms with Crippen LogP contribution in [0, 0.1) is 13.8 Å². The largest absolute Gasteiger partial charge is 0.328 e. The van der Waals surface area contributed by atoms with Crippen LogP contribution < -0.4 is 10.2 Å². The number of hydrogen-bond acceptors (Lipinski definition) is 2. The monoisotopic (exact) mass is 274 g/mol. The van der Waals surface area contributed by atoms with Crippen molar-refractivity contribution in [3.8, 4) is 0 Å². The second-order valence-corrected chi connectivity index (χ2v) is 5.93. The highest BCUT2D eigenvalue weighted by Gasteiger charge is 2.31. The zero-order valence-electron chi connectivity index (χ0n) is 12.8. The van der Waals surface area contributed by atoms with Gasteiger partial charge in [0.15, 0.2) is 0 Å². The Morgan fingerprint density at radius 1 is 1.20 bits per heavy atom. The molecule has 0 saturated carbocycles. The lowest BCUT2D eigenvalue weighted by Gasteiger charge is -2.34. The SMILES string of the molecule is Cc1cc(N2C(=O)NC(=O)C[C@H]2C)c(C)cc1C(C)C. The van der Waals surface area contributed by atoms with Crippen LogP contribution in [-0.4, -0.2) is 18.0 Å². The van der Waals surface area contributed by atoms with E-state index in [-0.39, 0.29) is 18.0 Å². The van der Waals surface area contributed by atoms with Crippen molar-refractivity contribution < 1.29 is 9.59 Å². The van der Waals surface area contributed by atoms with Crippen molar-refractivity contribution in [3.63, 3.8) is 0 Å². The lowest BCUT2D eigenvalue weighted by molar-refractivity contribution is -0.120. The Kier molecular flexibility index (Phi) is 3.84. The van der Waals surface area contributed by atoms with Crippen molar-refractivity contribution in [2.75, 3.05) is 4.90 Å². The molecule has 0 spiro atoms. The van der Waals surface area contributed by atoms with Gasteiger partial charge in [-0.15, -0.1) is 0 Å². The van der Waals surface area contributed by atoms with Crippen LogP contribution in [-0.2, 0) is 4.79 Å². The number of imide groups is 1. The molecular weight excluding hydrogens is 252 g/mol. The number of benzene rings is 1. The fourth-order valence-corrected chi connectivity index (χ4v) is 2.84. The molecule has 0 radical (unpaired) electrons. The summed E-state index contributed by atoms with van der Waals surface area (Å²) in [4.78, 5) is 25.2. The van der Waals surface area contributed by atoms with E-state index in [1.807, 2.05) is 13.8 Å². The Balaban J connectivity index is 2.45. The molecule has 1 heterocycles. The number of carbonyl (C=O) groups is 2. The number of aryl methyl sites for hydroxylation is 2. The number of hydrogen-bond donors (Lipinski definition) is 1. The van der Waals surface area contributed by atoms with Gasteiger partial charge in [0.2, 0.25) is 5.91 Å². The molecule has 4 heteroatoms. The molecule has 1 aliphatic rings. The van der Waals surface area contributed by atoms with Crippen molar-refractivity contribution in [1.82, 2.24) is 5.32 Å². The van der Waals surface area contributed by atoms with Crippen LogP contribution in [0.1, 0.15) is 49.8 Å².